The molecule has 106 valence electrons. The smallest absolute Gasteiger partial charge is 0.183 e. The number of nitrogens with zero attached hydrogens (tertiary/aromatic N) is 1. The molecule has 0 aliphatic rings. The normalized spacial score (nSPS) is 10.1. The van der Waals surface area contributed by atoms with E-state index in [4.69, 9.17) is 9.47 Å². The minimum absolute atomic E-state index is 0.637. The molecule has 0 unspecified atom stereocenters. The topological polar surface area (TPSA) is 69.4 Å². The van der Waals surface area contributed by atoms with Crippen molar-refractivity contribution >= 4 is 26.7 Å². The quantitative estimate of drug-likeness (QED) is 0.760. The van der Waals surface area contributed by atoms with Gasteiger partial charge in [-0.15, -0.1) is 0 Å². The molecular weight excluding hydrogens is 262 g/mol. The van der Waals surface area contributed by atoms with E-state index in [-0.39, 0.29) is 0 Å². The minimum atomic E-state index is 0.637. The fourth-order valence-corrected chi connectivity index (χ4v) is 2.31. The summed E-state index contributed by atoms with van der Waals surface area (Å²) in [6, 6.07) is 8.12. The van der Waals surface area contributed by atoms with Gasteiger partial charge in [-0.1, -0.05) is 23.5 Å². The van der Waals surface area contributed by atoms with E-state index >= 15 is 0 Å². The van der Waals surface area contributed by atoms with Crippen LogP contribution >= 0.6 is 11.3 Å². The predicted octanol–water partition coefficient (Wildman–Crippen LogP) is 1.95. The maximum Gasteiger partial charge on any atom is 0.183 e. The summed E-state index contributed by atoms with van der Waals surface area (Å²) in [4.78, 5) is 4.47. The molecule has 19 heavy (non-hydrogen) atoms. The fourth-order valence-electron chi connectivity index (χ4n) is 1.42. The van der Waals surface area contributed by atoms with E-state index in [1.807, 2.05) is 18.2 Å². The number of ether oxygens (including phenoxy) is 2. The zero-order valence-electron chi connectivity index (χ0n) is 11.4. The van der Waals surface area contributed by atoms with Gasteiger partial charge in [-0.3, -0.25) is 0 Å². The summed E-state index contributed by atoms with van der Waals surface area (Å²) in [6.07, 6.45) is 0. The summed E-state index contributed by atoms with van der Waals surface area (Å²) in [5.41, 5.74) is 5.54. The summed E-state index contributed by atoms with van der Waals surface area (Å²) in [5, 5.41) is 4.20. The number of methoxy groups -OCH3 is 1. The number of hydrogen-bond acceptors (Lipinski definition) is 6. The highest BCUT2D eigenvalue weighted by molar-refractivity contribution is 7.22. The molecule has 1 heterocycles. The molecule has 0 saturated heterocycles. The molecule has 5 nitrogen and oxygen atoms in total. The largest absolute Gasteiger partial charge is 0.382 e. The number of anilines is 1. The van der Waals surface area contributed by atoms with E-state index in [0.29, 0.717) is 19.8 Å². The van der Waals surface area contributed by atoms with E-state index in [9.17, 15) is 0 Å². The lowest BCUT2D eigenvalue weighted by atomic mass is 10.3. The molecule has 0 bridgehead atoms. The second-order valence-corrected chi connectivity index (χ2v) is 4.55. The van der Waals surface area contributed by atoms with Crippen molar-refractivity contribution in [1.82, 2.24) is 4.98 Å². The van der Waals surface area contributed by atoms with Gasteiger partial charge in [0.15, 0.2) is 5.13 Å². The Bertz CT molecular complexity index is 429. The Morgan fingerprint density at radius 1 is 1.21 bits per heavy atom. The standard InChI is InChI=1S/C12H16N2O2S.CH5N/c1-15-8-9-16-7-6-13-12-14-10-4-2-3-5-11(10)17-12;1-2/h2-5H,6-9H2,1H3,(H,13,14);2H2,1H3. The Morgan fingerprint density at radius 2 is 2.00 bits per heavy atom. The lowest BCUT2D eigenvalue weighted by molar-refractivity contribution is 0.0759. The first-order chi connectivity index (χ1) is 9.40. The number of thiazole rings is 1. The fraction of sp³-hybridized carbons (Fsp3) is 0.462. The first-order valence-corrected chi connectivity index (χ1v) is 6.95. The number of para-hydroxylation sites is 1. The number of rotatable bonds is 7. The zero-order valence-corrected chi connectivity index (χ0v) is 12.2. The van der Waals surface area contributed by atoms with Gasteiger partial charge in [0.05, 0.1) is 30.0 Å². The van der Waals surface area contributed by atoms with E-state index in [2.05, 4.69) is 22.1 Å². The maximum absolute atomic E-state index is 5.36. The van der Waals surface area contributed by atoms with Crippen molar-refractivity contribution in [2.24, 2.45) is 5.73 Å². The Morgan fingerprint density at radius 3 is 2.74 bits per heavy atom. The Labute approximate surface area is 117 Å². The molecule has 2 aromatic rings. The number of fused-ring (bicyclic) bond motifs is 1. The Hall–Kier alpha value is -1.21. The number of hydrogen-bond donors (Lipinski definition) is 2. The van der Waals surface area contributed by atoms with Crippen LogP contribution in [-0.4, -0.2) is 45.5 Å². The van der Waals surface area contributed by atoms with Crippen LogP contribution in [0, 0.1) is 0 Å². The first kappa shape index (κ1) is 15.8. The second-order valence-electron chi connectivity index (χ2n) is 3.52. The van der Waals surface area contributed by atoms with Gasteiger partial charge in [0.25, 0.3) is 0 Å². The van der Waals surface area contributed by atoms with Gasteiger partial charge in [-0.25, -0.2) is 4.98 Å². The van der Waals surface area contributed by atoms with Crippen LogP contribution < -0.4 is 11.1 Å². The summed E-state index contributed by atoms with van der Waals surface area (Å²) in [6.45, 7) is 2.71. The van der Waals surface area contributed by atoms with Crippen LogP contribution in [0.4, 0.5) is 5.13 Å². The van der Waals surface area contributed by atoms with Gasteiger partial charge in [0.1, 0.15) is 0 Å². The molecule has 0 aliphatic carbocycles. The molecule has 0 atom stereocenters. The van der Waals surface area contributed by atoms with Crippen molar-refractivity contribution in [3.8, 4) is 0 Å². The van der Waals surface area contributed by atoms with Gasteiger partial charge in [-0.2, -0.15) is 0 Å². The van der Waals surface area contributed by atoms with Crippen LogP contribution in [0.1, 0.15) is 0 Å². The van der Waals surface area contributed by atoms with Crippen LogP contribution in [-0.2, 0) is 9.47 Å². The van der Waals surface area contributed by atoms with Crippen molar-refractivity contribution in [1.29, 1.82) is 0 Å². The van der Waals surface area contributed by atoms with Gasteiger partial charge in [0.2, 0.25) is 0 Å². The number of aromatic nitrogens is 1. The molecule has 0 radical (unpaired) electrons. The highest BCUT2D eigenvalue weighted by atomic mass is 32.1. The molecule has 0 spiro atoms. The van der Waals surface area contributed by atoms with Crippen LogP contribution in [0.5, 0.6) is 0 Å². The molecule has 1 aromatic carbocycles. The summed E-state index contributed by atoms with van der Waals surface area (Å²) in [5.74, 6) is 0. The van der Waals surface area contributed by atoms with Crippen LogP contribution in [0.3, 0.4) is 0 Å². The van der Waals surface area contributed by atoms with Crippen molar-refractivity contribution in [2.75, 3.05) is 45.8 Å². The molecule has 0 saturated carbocycles. The van der Waals surface area contributed by atoms with Gasteiger partial charge in [-0.05, 0) is 19.2 Å². The number of benzene rings is 1. The maximum atomic E-state index is 5.36. The summed E-state index contributed by atoms with van der Waals surface area (Å²) in [7, 11) is 3.17. The zero-order chi connectivity index (χ0) is 13.9. The average Bonchev–Trinajstić information content (AvgIpc) is 2.87. The van der Waals surface area contributed by atoms with Crippen molar-refractivity contribution in [3.63, 3.8) is 0 Å². The molecule has 0 aliphatic heterocycles. The summed E-state index contributed by atoms with van der Waals surface area (Å²) < 4.78 is 11.5. The molecule has 1 aromatic heterocycles. The van der Waals surface area contributed by atoms with Crippen molar-refractivity contribution in [2.45, 2.75) is 0 Å². The van der Waals surface area contributed by atoms with Crippen LogP contribution in [0.15, 0.2) is 24.3 Å². The highest BCUT2D eigenvalue weighted by Gasteiger charge is 2.01. The highest BCUT2D eigenvalue weighted by Crippen LogP contribution is 2.24. The van der Waals surface area contributed by atoms with E-state index in [1.54, 1.807) is 18.4 Å². The van der Waals surface area contributed by atoms with Gasteiger partial charge < -0.3 is 20.5 Å². The van der Waals surface area contributed by atoms with Gasteiger partial charge in [0, 0.05) is 13.7 Å². The minimum Gasteiger partial charge on any atom is -0.382 e. The van der Waals surface area contributed by atoms with E-state index in [1.165, 1.54) is 11.7 Å². The molecule has 3 N–H and O–H groups in total. The van der Waals surface area contributed by atoms with Crippen molar-refractivity contribution in [3.05, 3.63) is 24.3 Å². The third-order valence-corrected chi connectivity index (χ3v) is 3.24. The molecule has 0 amide bonds. The van der Waals surface area contributed by atoms with Crippen LogP contribution in [0.2, 0.25) is 0 Å². The monoisotopic (exact) mass is 283 g/mol. The second kappa shape index (κ2) is 9.69. The molecule has 6 heteroatoms. The Balaban J connectivity index is 0.000000861. The number of nitrogens with two attached hydrogens (primary N) is 1. The van der Waals surface area contributed by atoms with Crippen LogP contribution in [0.25, 0.3) is 10.2 Å². The van der Waals surface area contributed by atoms with Gasteiger partial charge >= 0.3 is 0 Å². The Kier molecular flexibility index (Phi) is 8.08. The van der Waals surface area contributed by atoms with E-state index < -0.39 is 0 Å². The lowest BCUT2D eigenvalue weighted by Gasteiger charge is -2.03. The number of nitrogens with one attached hydrogen (secondary N) is 1. The average molecular weight is 283 g/mol. The molecule has 0 fully saturated rings. The third-order valence-electron chi connectivity index (χ3n) is 2.25. The first-order valence-electron chi connectivity index (χ1n) is 6.14. The van der Waals surface area contributed by atoms with Crippen molar-refractivity contribution < 1.29 is 9.47 Å². The van der Waals surface area contributed by atoms with E-state index in [0.717, 1.165) is 17.2 Å². The molecule has 2 rings (SSSR count). The molecular formula is C13H21N3O2S. The summed E-state index contributed by atoms with van der Waals surface area (Å²) >= 11 is 1.66. The lowest BCUT2D eigenvalue weighted by Crippen LogP contribution is -2.11. The SMILES string of the molecule is CN.COCCOCCNc1nc2ccccc2s1. The predicted molar refractivity (Wildman–Crippen MR) is 80.9 cm³/mol. The third kappa shape index (κ3) is 5.52.